The van der Waals surface area contributed by atoms with Gasteiger partial charge in [-0.3, -0.25) is 4.79 Å². The number of fused-ring (bicyclic) bond motifs is 5. The fraction of sp³-hybridized carbons (Fsp3) is 0.842. The van der Waals surface area contributed by atoms with Crippen molar-refractivity contribution in [1.82, 2.24) is 4.90 Å². The molecule has 1 heterocycles. The van der Waals surface area contributed by atoms with Gasteiger partial charge in [0.15, 0.2) is 0 Å². The standard InChI is InChI=1S/C19H29NO/c1-18-10-4-5-14(18)13-6-7-16-19(2,15(13)8-11-18)12-9-17(21)20(16)3/h9,12-16H,4-8,10-11H2,1-3H3/t13?,14-,15?,16+,18-,19+/m0/s1. The first-order valence-electron chi connectivity index (χ1n) is 8.92. The van der Waals surface area contributed by atoms with E-state index in [1.54, 1.807) is 0 Å². The lowest BCUT2D eigenvalue weighted by atomic mass is 9.48. The van der Waals surface area contributed by atoms with Crippen LogP contribution in [0.15, 0.2) is 12.2 Å². The Bertz CT molecular complexity index is 498. The second-order valence-electron chi connectivity index (χ2n) is 8.70. The van der Waals surface area contributed by atoms with Crippen molar-refractivity contribution in [2.24, 2.45) is 28.6 Å². The number of hydrogen-bond acceptors (Lipinski definition) is 1. The molecule has 21 heavy (non-hydrogen) atoms. The van der Waals surface area contributed by atoms with Gasteiger partial charge in [-0.25, -0.2) is 0 Å². The molecule has 1 amide bonds. The fourth-order valence-electron chi connectivity index (χ4n) is 6.73. The SMILES string of the molecule is CN1C(=O)C=C[C@]2(C)C3CC[C@]4(C)CCC[C@H]4C3CC[C@@H]12. The molecular formula is C19H29NO. The van der Waals surface area contributed by atoms with E-state index >= 15 is 0 Å². The van der Waals surface area contributed by atoms with Gasteiger partial charge in [-0.2, -0.15) is 0 Å². The van der Waals surface area contributed by atoms with Gasteiger partial charge < -0.3 is 4.90 Å². The van der Waals surface area contributed by atoms with Gasteiger partial charge in [-0.05, 0) is 67.8 Å². The number of amides is 1. The second-order valence-corrected chi connectivity index (χ2v) is 8.70. The molecule has 2 unspecified atom stereocenters. The van der Waals surface area contributed by atoms with Crippen LogP contribution in [0.2, 0.25) is 0 Å². The van der Waals surface area contributed by atoms with Crippen molar-refractivity contribution in [1.29, 1.82) is 0 Å². The van der Waals surface area contributed by atoms with E-state index in [-0.39, 0.29) is 11.3 Å². The Morgan fingerprint density at radius 1 is 1.10 bits per heavy atom. The molecule has 4 rings (SSSR count). The molecule has 116 valence electrons. The van der Waals surface area contributed by atoms with Crippen LogP contribution >= 0.6 is 0 Å². The number of hydrogen-bond donors (Lipinski definition) is 0. The highest BCUT2D eigenvalue weighted by Crippen LogP contribution is 2.63. The van der Waals surface area contributed by atoms with Crippen LogP contribution in [0.4, 0.5) is 0 Å². The average Bonchev–Trinajstić information content (AvgIpc) is 2.85. The van der Waals surface area contributed by atoms with E-state index in [0.29, 0.717) is 11.5 Å². The Kier molecular flexibility index (Phi) is 2.88. The van der Waals surface area contributed by atoms with Gasteiger partial charge in [0.1, 0.15) is 0 Å². The zero-order chi connectivity index (χ0) is 14.8. The average molecular weight is 287 g/mol. The van der Waals surface area contributed by atoms with Crippen LogP contribution in [0.5, 0.6) is 0 Å². The maximum absolute atomic E-state index is 12.0. The molecule has 0 aromatic heterocycles. The maximum atomic E-state index is 12.0. The molecule has 2 nitrogen and oxygen atoms in total. The van der Waals surface area contributed by atoms with Crippen LogP contribution in [-0.2, 0) is 4.79 Å². The number of likely N-dealkylation sites (N-methyl/N-ethyl adjacent to an activating group) is 1. The van der Waals surface area contributed by atoms with E-state index in [2.05, 4.69) is 19.9 Å². The highest BCUT2D eigenvalue weighted by molar-refractivity contribution is 5.89. The van der Waals surface area contributed by atoms with Crippen LogP contribution in [0, 0.1) is 28.6 Å². The van der Waals surface area contributed by atoms with Crippen LogP contribution in [0.25, 0.3) is 0 Å². The molecule has 3 fully saturated rings. The van der Waals surface area contributed by atoms with Crippen molar-refractivity contribution < 1.29 is 4.79 Å². The highest BCUT2D eigenvalue weighted by Gasteiger charge is 2.57. The molecule has 2 heteroatoms. The summed E-state index contributed by atoms with van der Waals surface area (Å²) in [5, 5.41) is 0. The van der Waals surface area contributed by atoms with Gasteiger partial charge in [0.05, 0.1) is 0 Å². The van der Waals surface area contributed by atoms with Crippen LogP contribution in [0.3, 0.4) is 0 Å². The zero-order valence-electron chi connectivity index (χ0n) is 13.8. The van der Waals surface area contributed by atoms with Crippen molar-refractivity contribution in [2.45, 2.75) is 64.8 Å². The Morgan fingerprint density at radius 3 is 2.71 bits per heavy atom. The van der Waals surface area contributed by atoms with Crippen molar-refractivity contribution in [3.8, 4) is 0 Å². The Morgan fingerprint density at radius 2 is 1.90 bits per heavy atom. The van der Waals surface area contributed by atoms with E-state index in [4.69, 9.17) is 0 Å². The summed E-state index contributed by atoms with van der Waals surface area (Å²) in [7, 11) is 2.01. The van der Waals surface area contributed by atoms with E-state index < -0.39 is 0 Å². The maximum Gasteiger partial charge on any atom is 0.246 e. The largest absolute Gasteiger partial charge is 0.338 e. The monoisotopic (exact) mass is 287 g/mol. The summed E-state index contributed by atoms with van der Waals surface area (Å²) in [6.45, 7) is 4.99. The third kappa shape index (κ3) is 1.74. The van der Waals surface area contributed by atoms with Crippen molar-refractivity contribution >= 4 is 5.91 Å². The summed E-state index contributed by atoms with van der Waals surface area (Å²) in [4.78, 5) is 14.1. The number of carbonyl (C=O) groups excluding carboxylic acids is 1. The normalized spacial score (nSPS) is 52.3. The number of rotatable bonds is 0. The minimum Gasteiger partial charge on any atom is -0.338 e. The first-order chi connectivity index (χ1) is 9.96. The van der Waals surface area contributed by atoms with Gasteiger partial charge in [-0.1, -0.05) is 26.3 Å². The molecule has 0 aromatic carbocycles. The summed E-state index contributed by atoms with van der Waals surface area (Å²) >= 11 is 0. The third-order valence-electron chi connectivity index (χ3n) is 7.91. The Balaban J connectivity index is 1.70. The molecule has 3 saturated carbocycles. The predicted octanol–water partition coefficient (Wildman–Crippen LogP) is 4.02. The molecule has 4 aliphatic rings. The van der Waals surface area contributed by atoms with Gasteiger partial charge >= 0.3 is 0 Å². The second kappa shape index (κ2) is 4.36. The molecule has 0 saturated heterocycles. The third-order valence-corrected chi connectivity index (χ3v) is 7.91. The zero-order valence-corrected chi connectivity index (χ0v) is 13.8. The molecule has 3 aliphatic carbocycles. The van der Waals surface area contributed by atoms with E-state index in [1.807, 2.05) is 18.0 Å². The molecule has 0 bridgehead atoms. The summed E-state index contributed by atoms with van der Waals surface area (Å²) in [5.41, 5.74) is 0.847. The van der Waals surface area contributed by atoms with Gasteiger partial charge in [0.25, 0.3) is 0 Å². The molecule has 6 atom stereocenters. The van der Waals surface area contributed by atoms with Crippen LogP contribution in [0.1, 0.15) is 58.8 Å². The first kappa shape index (κ1) is 13.8. The molecule has 0 N–H and O–H groups in total. The molecular weight excluding hydrogens is 258 g/mol. The van der Waals surface area contributed by atoms with E-state index in [1.165, 1.54) is 44.9 Å². The Labute approximate surface area is 129 Å². The predicted molar refractivity (Wildman–Crippen MR) is 84.7 cm³/mol. The van der Waals surface area contributed by atoms with Crippen LogP contribution in [-0.4, -0.2) is 23.9 Å². The molecule has 0 spiro atoms. The minimum atomic E-state index is 0.206. The summed E-state index contributed by atoms with van der Waals surface area (Å²) in [6, 6.07) is 0.432. The summed E-state index contributed by atoms with van der Waals surface area (Å²) < 4.78 is 0. The quantitative estimate of drug-likeness (QED) is 0.659. The number of nitrogens with zero attached hydrogens (tertiary/aromatic N) is 1. The molecule has 1 aliphatic heterocycles. The van der Waals surface area contributed by atoms with Crippen molar-refractivity contribution in [3.63, 3.8) is 0 Å². The fourth-order valence-corrected chi connectivity index (χ4v) is 6.73. The highest BCUT2D eigenvalue weighted by atomic mass is 16.2. The van der Waals surface area contributed by atoms with Crippen molar-refractivity contribution in [2.75, 3.05) is 7.05 Å². The summed E-state index contributed by atoms with van der Waals surface area (Å²) in [5.74, 6) is 2.85. The lowest BCUT2D eigenvalue weighted by Gasteiger charge is -2.59. The van der Waals surface area contributed by atoms with E-state index in [0.717, 1.165) is 17.8 Å². The van der Waals surface area contributed by atoms with Crippen LogP contribution < -0.4 is 0 Å². The first-order valence-corrected chi connectivity index (χ1v) is 8.92. The number of carbonyl (C=O) groups is 1. The van der Waals surface area contributed by atoms with E-state index in [9.17, 15) is 4.79 Å². The topological polar surface area (TPSA) is 20.3 Å². The van der Waals surface area contributed by atoms with Gasteiger partial charge in [-0.15, -0.1) is 0 Å². The lowest BCUT2D eigenvalue weighted by molar-refractivity contribution is -0.138. The lowest BCUT2D eigenvalue weighted by Crippen LogP contribution is -2.59. The molecule has 0 radical (unpaired) electrons. The summed E-state index contributed by atoms with van der Waals surface area (Å²) in [6.07, 6.45) is 13.8. The minimum absolute atomic E-state index is 0.206. The Hall–Kier alpha value is -0.790. The molecule has 0 aromatic rings. The smallest absolute Gasteiger partial charge is 0.246 e. The van der Waals surface area contributed by atoms with Gasteiger partial charge in [0, 0.05) is 18.5 Å². The van der Waals surface area contributed by atoms with Crippen molar-refractivity contribution in [3.05, 3.63) is 12.2 Å². The van der Waals surface area contributed by atoms with Gasteiger partial charge in [0.2, 0.25) is 5.91 Å².